The fraction of sp³-hybridized carbons (Fsp3) is 0.875. The van der Waals surface area contributed by atoms with Crippen LogP contribution in [0, 0.1) is 6.42 Å². The monoisotopic (exact) mass is 156 g/mol. The van der Waals surface area contributed by atoms with Crippen molar-refractivity contribution in [2.24, 2.45) is 0 Å². The quantitative estimate of drug-likeness (QED) is 0.491. The minimum absolute atomic E-state index is 0.00868. The van der Waals surface area contributed by atoms with Gasteiger partial charge in [0.15, 0.2) is 0 Å². The van der Waals surface area contributed by atoms with E-state index in [0.717, 1.165) is 0 Å². The first-order valence-corrected chi connectivity index (χ1v) is 4.18. The van der Waals surface area contributed by atoms with Gasteiger partial charge in [0.1, 0.15) is 0 Å². The smallest absolute Gasteiger partial charge is 0.0872 e. The Labute approximate surface area is 68.9 Å². The van der Waals surface area contributed by atoms with Crippen LogP contribution >= 0.6 is 0 Å². The summed E-state index contributed by atoms with van der Waals surface area (Å²) >= 11 is 0. The standard InChI is InChI=1S/C8H18N3/c1-9-7-5-4-6-8(7,10-2)11-3/h6-7,9-11H,4-5H2,1-3H3. The first kappa shape index (κ1) is 8.97. The molecule has 0 bridgehead atoms. The van der Waals surface area contributed by atoms with Crippen molar-refractivity contribution in [3.8, 4) is 0 Å². The molecule has 0 heterocycles. The van der Waals surface area contributed by atoms with E-state index in [4.69, 9.17) is 0 Å². The van der Waals surface area contributed by atoms with Gasteiger partial charge in [-0.1, -0.05) is 0 Å². The van der Waals surface area contributed by atoms with E-state index in [-0.39, 0.29) is 5.66 Å². The molecule has 3 nitrogen and oxygen atoms in total. The van der Waals surface area contributed by atoms with Gasteiger partial charge in [0.25, 0.3) is 0 Å². The molecule has 3 N–H and O–H groups in total. The molecule has 1 rings (SSSR count). The Morgan fingerprint density at radius 2 is 1.91 bits per heavy atom. The molecule has 0 saturated heterocycles. The SMILES string of the molecule is CNC1CC[CH]C1(NC)NC. The van der Waals surface area contributed by atoms with E-state index < -0.39 is 0 Å². The molecule has 11 heavy (non-hydrogen) atoms. The molecule has 1 saturated carbocycles. The topological polar surface area (TPSA) is 36.1 Å². The van der Waals surface area contributed by atoms with Crippen LogP contribution in [0.2, 0.25) is 0 Å². The first-order valence-electron chi connectivity index (χ1n) is 4.18. The molecule has 0 aliphatic heterocycles. The lowest BCUT2D eigenvalue weighted by Gasteiger charge is -2.34. The Bertz CT molecular complexity index is 121. The van der Waals surface area contributed by atoms with E-state index in [1.54, 1.807) is 0 Å². The average Bonchev–Trinajstić information content (AvgIpc) is 2.47. The van der Waals surface area contributed by atoms with Gasteiger partial charge in [0, 0.05) is 6.04 Å². The van der Waals surface area contributed by atoms with Crippen LogP contribution in [-0.2, 0) is 0 Å². The summed E-state index contributed by atoms with van der Waals surface area (Å²) in [5.41, 5.74) is 0.00868. The van der Waals surface area contributed by atoms with Crippen LogP contribution in [0.1, 0.15) is 12.8 Å². The van der Waals surface area contributed by atoms with E-state index in [0.29, 0.717) is 6.04 Å². The van der Waals surface area contributed by atoms with Gasteiger partial charge in [-0.25, -0.2) is 0 Å². The molecule has 1 fully saturated rings. The molecule has 0 aromatic heterocycles. The molecule has 1 aliphatic carbocycles. The average molecular weight is 156 g/mol. The van der Waals surface area contributed by atoms with Crippen LogP contribution < -0.4 is 16.0 Å². The maximum Gasteiger partial charge on any atom is 0.0872 e. The second kappa shape index (κ2) is 3.52. The fourth-order valence-electron chi connectivity index (χ4n) is 1.90. The zero-order chi connectivity index (χ0) is 8.32. The maximum absolute atomic E-state index is 3.30. The maximum atomic E-state index is 3.30. The summed E-state index contributed by atoms with van der Waals surface area (Å²) in [5.74, 6) is 0. The lowest BCUT2D eigenvalue weighted by Crippen LogP contribution is -2.63. The lowest BCUT2D eigenvalue weighted by molar-refractivity contribution is 0.287. The summed E-state index contributed by atoms with van der Waals surface area (Å²) in [7, 11) is 5.98. The Morgan fingerprint density at radius 1 is 1.27 bits per heavy atom. The van der Waals surface area contributed by atoms with E-state index >= 15 is 0 Å². The second-order valence-electron chi connectivity index (χ2n) is 2.99. The van der Waals surface area contributed by atoms with Gasteiger partial charge in [0.05, 0.1) is 5.66 Å². The number of likely N-dealkylation sites (N-methyl/N-ethyl adjacent to an activating group) is 3. The number of nitrogens with one attached hydrogen (secondary N) is 3. The van der Waals surface area contributed by atoms with Crippen molar-refractivity contribution in [1.29, 1.82) is 0 Å². The van der Waals surface area contributed by atoms with Crippen molar-refractivity contribution < 1.29 is 0 Å². The van der Waals surface area contributed by atoms with Crippen LogP contribution in [0.3, 0.4) is 0 Å². The fourth-order valence-corrected chi connectivity index (χ4v) is 1.90. The van der Waals surface area contributed by atoms with Gasteiger partial charge in [-0.05, 0) is 40.4 Å². The predicted octanol–water partition coefficient (Wildman–Crippen LogP) is -0.292. The summed E-state index contributed by atoms with van der Waals surface area (Å²) in [6.07, 6.45) is 4.68. The molecule has 1 atom stereocenters. The zero-order valence-electron chi connectivity index (χ0n) is 7.57. The molecular formula is C8H18N3. The number of rotatable bonds is 3. The Balaban J connectivity index is 2.63. The first-order chi connectivity index (χ1) is 5.29. The summed E-state index contributed by atoms with van der Waals surface area (Å²) < 4.78 is 0. The zero-order valence-corrected chi connectivity index (χ0v) is 7.57. The molecule has 0 spiro atoms. The second-order valence-corrected chi connectivity index (χ2v) is 2.99. The van der Waals surface area contributed by atoms with Crippen LogP contribution in [0.25, 0.3) is 0 Å². The van der Waals surface area contributed by atoms with Crippen molar-refractivity contribution in [2.45, 2.75) is 24.5 Å². The Hall–Kier alpha value is -0.120. The van der Waals surface area contributed by atoms with Gasteiger partial charge < -0.3 is 16.0 Å². The molecule has 1 unspecified atom stereocenters. The Kier molecular flexibility index (Phi) is 2.87. The summed E-state index contributed by atoms with van der Waals surface area (Å²) in [6.45, 7) is 0. The molecule has 0 amide bonds. The van der Waals surface area contributed by atoms with Gasteiger partial charge in [-0.2, -0.15) is 0 Å². The van der Waals surface area contributed by atoms with Crippen LogP contribution in [0.15, 0.2) is 0 Å². The molecule has 3 heteroatoms. The summed E-state index contributed by atoms with van der Waals surface area (Å²) in [5, 5.41) is 9.90. The van der Waals surface area contributed by atoms with E-state index in [1.807, 2.05) is 21.1 Å². The lowest BCUT2D eigenvalue weighted by atomic mass is 10.1. The normalized spacial score (nSPS) is 29.2. The van der Waals surface area contributed by atoms with Crippen molar-refractivity contribution >= 4 is 0 Å². The third-order valence-corrected chi connectivity index (χ3v) is 2.65. The molecule has 1 radical (unpaired) electrons. The van der Waals surface area contributed by atoms with Gasteiger partial charge in [-0.15, -0.1) is 0 Å². The van der Waals surface area contributed by atoms with E-state index in [2.05, 4.69) is 22.4 Å². The molecule has 65 valence electrons. The number of hydrogen-bond acceptors (Lipinski definition) is 3. The van der Waals surface area contributed by atoms with Crippen LogP contribution in [0.5, 0.6) is 0 Å². The highest BCUT2D eigenvalue weighted by atomic mass is 15.2. The Morgan fingerprint density at radius 3 is 2.27 bits per heavy atom. The van der Waals surface area contributed by atoms with E-state index in [9.17, 15) is 0 Å². The van der Waals surface area contributed by atoms with Crippen LogP contribution in [0.4, 0.5) is 0 Å². The summed E-state index contributed by atoms with van der Waals surface area (Å²) in [4.78, 5) is 0. The highest BCUT2D eigenvalue weighted by Crippen LogP contribution is 2.25. The van der Waals surface area contributed by atoms with Crippen molar-refractivity contribution in [3.05, 3.63) is 6.42 Å². The van der Waals surface area contributed by atoms with Crippen molar-refractivity contribution in [1.82, 2.24) is 16.0 Å². The third-order valence-electron chi connectivity index (χ3n) is 2.65. The van der Waals surface area contributed by atoms with Crippen molar-refractivity contribution in [2.75, 3.05) is 21.1 Å². The largest absolute Gasteiger partial charge is 0.314 e. The van der Waals surface area contributed by atoms with Crippen molar-refractivity contribution in [3.63, 3.8) is 0 Å². The van der Waals surface area contributed by atoms with Gasteiger partial charge in [-0.3, -0.25) is 0 Å². The minimum atomic E-state index is 0.00868. The highest BCUT2D eigenvalue weighted by Gasteiger charge is 2.39. The molecule has 0 aromatic rings. The summed E-state index contributed by atoms with van der Waals surface area (Å²) in [6, 6.07) is 0.512. The molecular weight excluding hydrogens is 138 g/mol. The predicted molar refractivity (Wildman–Crippen MR) is 47.2 cm³/mol. The minimum Gasteiger partial charge on any atom is -0.314 e. The molecule has 0 aromatic carbocycles. The van der Waals surface area contributed by atoms with Gasteiger partial charge >= 0.3 is 0 Å². The highest BCUT2D eigenvalue weighted by molar-refractivity contribution is 5.10. The van der Waals surface area contributed by atoms with Crippen LogP contribution in [-0.4, -0.2) is 32.8 Å². The third kappa shape index (κ3) is 1.41. The number of hydrogen-bond donors (Lipinski definition) is 3. The molecule has 1 aliphatic rings. The van der Waals surface area contributed by atoms with E-state index in [1.165, 1.54) is 12.8 Å². The van der Waals surface area contributed by atoms with Gasteiger partial charge in [0.2, 0.25) is 0 Å².